The average Bonchev–Trinajstić information content (AvgIpc) is 3.66. The van der Waals surface area contributed by atoms with Gasteiger partial charge in [0.1, 0.15) is 18.0 Å². The molecular formula is C53H74F5N2O+. The predicted octanol–water partition coefficient (Wildman–Crippen LogP) is 14.1. The molecular weight excluding hydrogens is 776 g/mol. The second kappa shape index (κ2) is 20.4. The van der Waals surface area contributed by atoms with Gasteiger partial charge < -0.3 is 9.64 Å². The molecule has 0 aromatic heterocycles. The van der Waals surface area contributed by atoms with Crippen molar-refractivity contribution in [2.24, 2.45) is 0 Å². The first kappa shape index (κ1) is 47.1. The van der Waals surface area contributed by atoms with Gasteiger partial charge in [0.25, 0.3) is 0 Å². The van der Waals surface area contributed by atoms with Crippen molar-refractivity contribution in [3.8, 4) is 11.5 Å². The van der Waals surface area contributed by atoms with Gasteiger partial charge in [-0.25, -0.2) is 26.5 Å². The summed E-state index contributed by atoms with van der Waals surface area (Å²) < 4.78 is 87.0. The molecule has 0 amide bonds. The topological polar surface area (TPSA) is 15.5 Å². The number of ether oxygens (including phenoxy) is 1. The van der Waals surface area contributed by atoms with Crippen molar-refractivity contribution >= 4 is 11.3 Å². The second-order valence-corrected chi connectivity index (χ2v) is 20.0. The van der Waals surface area contributed by atoms with E-state index in [2.05, 4.69) is 51.0 Å². The SMILES string of the molecule is CCCCCCCCCCCCN1CC(C)(C)c2c3c(cc(C)c21)C(c1c(F)c(F)c(F)c(F)c1F)=c1cc(C)c2c(c1O3)C(C)(C)C[N+]=2CCCCCCCCCCCC. The van der Waals surface area contributed by atoms with Crippen molar-refractivity contribution in [2.75, 3.05) is 31.1 Å². The lowest BCUT2D eigenvalue weighted by molar-refractivity contribution is 0.376. The number of halogens is 5. The molecule has 336 valence electrons. The number of unbranched alkanes of at least 4 members (excludes halogenated alkanes) is 18. The maximum atomic E-state index is 16.2. The minimum absolute atomic E-state index is 0.00580. The first-order valence-electron chi connectivity index (χ1n) is 24.1. The van der Waals surface area contributed by atoms with Crippen LogP contribution in [0.1, 0.15) is 203 Å². The molecule has 0 unspecified atom stereocenters. The largest absolute Gasteiger partial charge is 0.455 e. The summed E-state index contributed by atoms with van der Waals surface area (Å²) in [5.41, 5.74) is 3.28. The minimum Gasteiger partial charge on any atom is -0.455 e. The van der Waals surface area contributed by atoms with Gasteiger partial charge in [-0.05, 0) is 58.2 Å². The van der Waals surface area contributed by atoms with E-state index in [1.54, 1.807) is 0 Å². The smallest absolute Gasteiger partial charge is 0.210 e. The normalized spacial score (nSPS) is 15.9. The maximum absolute atomic E-state index is 16.2. The van der Waals surface area contributed by atoms with E-state index in [0.717, 1.165) is 85.2 Å². The third-order valence-electron chi connectivity index (χ3n) is 13.8. The summed E-state index contributed by atoms with van der Waals surface area (Å²) in [7, 11) is 0. The quantitative estimate of drug-likeness (QED) is 0.0243. The fourth-order valence-electron chi connectivity index (χ4n) is 10.8. The summed E-state index contributed by atoms with van der Waals surface area (Å²) in [6.45, 7) is 20.3. The van der Waals surface area contributed by atoms with Gasteiger partial charge in [0.15, 0.2) is 29.8 Å². The van der Waals surface area contributed by atoms with Crippen LogP contribution in [-0.2, 0) is 10.8 Å². The molecule has 3 aliphatic heterocycles. The predicted molar refractivity (Wildman–Crippen MR) is 242 cm³/mol. The van der Waals surface area contributed by atoms with Crippen LogP contribution in [0.3, 0.4) is 0 Å². The Morgan fingerprint density at radius 2 is 1.07 bits per heavy atom. The molecule has 8 heteroatoms. The van der Waals surface area contributed by atoms with Crippen molar-refractivity contribution in [3.05, 3.63) is 85.2 Å². The lowest BCUT2D eigenvalue weighted by Crippen LogP contribution is -2.33. The number of hydrogen-bond acceptors (Lipinski definition) is 2. The number of fused-ring (bicyclic) bond motifs is 6. The van der Waals surface area contributed by atoms with Gasteiger partial charge in [0, 0.05) is 58.1 Å². The highest BCUT2D eigenvalue weighted by molar-refractivity contribution is 5.90. The molecule has 0 N–H and O–H groups in total. The molecule has 0 bridgehead atoms. The van der Waals surface area contributed by atoms with Gasteiger partial charge >= 0.3 is 0 Å². The number of nitrogens with zero attached hydrogens (tertiary/aromatic N) is 2. The summed E-state index contributed by atoms with van der Waals surface area (Å²) in [5.74, 6) is -8.80. The van der Waals surface area contributed by atoms with E-state index >= 15 is 17.6 Å². The number of aryl methyl sites for hydroxylation is 2. The molecule has 6 rings (SSSR count). The Morgan fingerprint density at radius 3 is 1.61 bits per heavy atom. The van der Waals surface area contributed by atoms with Crippen LogP contribution in [0.2, 0.25) is 0 Å². The lowest BCUT2D eigenvalue weighted by Gasteiger charge is -2.30. The third-order valence-corrected chi connectivity index (χ3v) is 13.8. The third kappa shape index (κ3) is 9.89. The fraction of sp³-hybridized carbons (Fsp3) is 0.642. The highest BCUT2D eigenvalue weighted by atomic mass is 19.2. The Labute approximate surface area is 363 Å². The Kier molecular flexibility index (Phi) is 15.7. The fourth-order valence-corrected chi connectivity index (χ4v) is 10.8. The van der Waals surface area contributed by atoms with Gasteiger partial charge in [-0.1, -0.05) is 137 Å². The lowest BCUT2D eigenvalue weighted by atomic mass is 9.79. The van der Waals surface area contributed by atoms with Crippen LogP contribution >= 0.6 is 0 Å². The van der Waals surface area contributed by atoms with Crippen molar-refractivity contribution in [1.29, 1.82) is 0 Å². The molecule has 3 heterocycles. The van der Waals surface area contributed by atoms with E-state index in [4.69, 9.17) is 4.74 Å². The molecule has 0 aliphatic carbocycles. The standard InChI is InChI=1S/C53H74F5N2O/c1-9-11-13-15-17-19-21-23-25-27-29-59-33-52(5,6)41-48(59)35(3)31-37-39(40-43(54)45(56)47(58)46(57)44(40)55)38-32-36(4)49-42(51(38)61-50(37)41)53(7,8)34-60(49)30-28-26-24-22-20-18-16-14-12-10-2/h31-32H,9-30,33-34H2,1-8H3/q+1. The molecule has 0 spiro atoms. The van der Waals surface area contributed by atoms with Crippen molar-refractivity contribution in [3.63, 3.8) is 0 Å². The van der Waals surface area contributed by atoms with E-state index < -0.39 is 45.5 Å². The Hall–Kier alpha value is -3.42. The van der Waals surface area contributed by atoms with E-state index in [0.29, 0.717) is 22.3 Å². The van der Waals surface area contributed by atoms with Crippen molar-refractivity contribution in [1.82, 2.24) is 4.58 Å². The van der Waals surface area contributed by atoms with E-state index in [1.165, 1.54) is 103 Å². The first-order valence-corrected chi connectivity index (χ1v) is 24.1. The molecule has 3 aromatic rings. The molecule has 3 aromatic carbocycles. The van der Waals surface area contributed by atoms with Gasteiger partial charge in [-0.2, -0.15) is 0 Å². The summed E-state index contributed by atoms with van der Waals surface area (Å²) in [6.07, 6.45) is 25.0. The number of rotatable bonds is 23. The highest BCUT2D eigenvalue weighted by Crippen LogP contribution is 2.54. The molecule has 61 heavy (non-hydrogen) atoms. The summed E-state index contributed by atoms with van der Waals surface area (Å²) in [6, 6.07) is 3.70. The van der Waals surface area contributed by atoms with Gasteiger partial charge in [0.05, 0.1) is 16.5 Å². The van der Waals surface area contributed by atoms with Crippen molar-refractivity contribution in [2.45, 2.75) is 195 Å². The summed E-state index contributed by atoms with van der Waals surface area (Å²) >= 11 is 0. The van der Waals surface area contributed by atoms with Crippen LogP contribution < -0.4 is 24.8 Å². The van der Waals surface area contributed by atoms with Crippen LogP contribution in [0.4, 0.5) is 27.6 Å². The Balaban J connectivity index is 1.39. The number of anilines is 1. The highest BCUT2D eigenvalue weighted by Gasteiger charge is 2.46. The van der Waals surface area contributed by atoms with Crippen LogP contribution in [-0.4, -0.2) is 26.2 Å². The monoisotopic (exact) mass is 850 g/mol. The van der Waals surface area contributed by atoms with Crippen LogP contribution in [0.5, 0.6) is 11.5 Å². The van der Waals surface area contributed by atoms with E-state index in [-0.39, 0.29) is 5.57 Å². The zero-order valence-corrected chi connectivity index (χ0v) is 38.8. The van der Waals surface area contributed by atoms with Gasteiger partial charge in [-0.15, -0.1) is 0 Å². The number of hydrogen-bond donors (Lipinski definition) is 0. The molecule has 0 radical (unpaired) electrons. The first-order chi connectivity index (χ1) is 29.2. The van der Waals surface area contributed by atoms with Gasteiger partial charge in [0.2, 0.25) is 11.2 Å². The molecule has 0 saturated heterocycles. The molecule has 0 fully saturated rings. The Bertz CT molecular complexity index is 2140. The Morgan fingerprint density at radius 1 is 0.574 bits per heavy atom. The second-order valence-electron chi connectivity index (χ2n) is 20.0. The molecule has 0 saturated carbocycles. The zero-order valence-electron chi connectivity index (χ0n) is 38.8. The van der Waals surface area contributed by atoms with Crippen LogP contribution in [0.15, 0.2) is 12.1 Å². The minimum atomic E-state index is -2.16. The maximum Gasteiger partial charge on any atom is 0.210 e. The molecule has 0 atom stereocenters. The van der Waals surface area contributed by atoms with Gasteiger partial charge in [-0.3, -0.25) is 0 Å². The zero-order chi connectivity index (χ0) is 44.1. The molecule has 3 aliphatic rings. The van der Waals surface area contributed by atoms with Crippen LogP contribution in [0, 0.1) is 42.9 Å². The summed E-state index contributed by atoms with van der Waals surface area (Å²) in [4.78, 5) is 2.42. The molecule has 3 nitrogen and oxygen atoms in total. The summed E-state index contributed by atoms with van der Waals surface area (Å²) in [5, 5.41) is 1.41. The number of benzene rings is 3. The van der Waals surface area contributed by atoms with Crippen molar-refractivity contribution < 1.29 is 26.7 Å². The van der Waals surface area contributed by atoms with E-state index in [9.17, 15) is 4.39 Å². The van der Waals surface area contributed by atoms with E-state index in [1.807, 2.05) is 26.0 Å². The van der Waals surface area contributed by atoms with Crippen LogP contribution in [0.25, 0.3) is 5.57 Å². The average molecular weight is 850 g/mol.